The number of furan rings is 1. The molecule has 0 bridgehead atoms. The molecule has 0 spiro atoms. The van der Waals surface area contributed by atoms with Crippen LogP contribution in [0.25, 0.3) is 0 Å². The van der Waals surface area contributed by atoms with Crippen LogP contribution >= 0.6 is 11.3 Å². The lowest BCUT2D eigenvalue weighted by molar-refractivity contribution is 0.358. The maximum absolute atomic E-state index is 13.2. The van der Waals surface area contributed by atoms with Gasteiger partial charge in [0.15, 0.2) is 0 Å². The van der Waals surface area contributed by atoms with Crippen molar-refractivity contribution in [1.82, 2.24) is 4.31 Å². The Morgan fingerprint density at radius 2 is 1.96 bits per heavy atom. The summed E-state index contributed by atoms with van der Waals surface area (Å²) < 4.78 is 33.3. The zero-order chi connectivity index (χ0) is 17.2. The average molecular weight is 361 g/mol. The van der Waals surface area contributed by atoms with E-state index in [9.17, 15) is 8.42 Å². The first-order chi connectivity index (χ1) is 11.5. The molecule has 0 aliphatic heterocycles. The molecule has 0 aliphatic rings. The van der Waals surface area contributed by atoms with Crippen molar-refractivity contribution >= 4 is 21.4 Å². The average Bonchev–Trinajstić information content (AvgIpc) is 3.22. The molecule has 3 aromatic rings. The maximum atomic E-state index is 13.2. The first kappa shape index (κ1) is 17.0. The number of hydrogen-bond donors (Lipinski definition) is 0. The van der Waals surface area contributed by atoms with Crippen LogP contribution in [0.4, 0.5) is 0 Å². The Bertz CT molecular complexity index is 862. The summed E-state index contributed by atoms with van der Waals surface area (Å²) in [5.74, 6) is 0.624. The second kappa shape index (κ2) is 6.93. The fraction of sp³-hybridized carbons (Fsp3) is 0.222. The van der Waals surface area contributed by atoms with Gasteiger partial charge in [0, 0.05) is 6.54 Å². The number of aryl methyl sites for hydroxylation is 2. The van der Waals surface area contributed by atoms with E-state index >= 15 is 0 Å². The third-order valence-electron chi connectivity index (χ3n) is 3.81. The van der Waals surface area contributed by atoms with Gasteiger partial charge in [-0.05, 0) is 65.6 Å². The van der Waals surface area contributed by atoms with E-state index in [2.05, 4.69) is 0 Å². The number of sulfonamides is 1. The number of benzene rings is 1. The Morgan fingerprint density at radius 1 is 1.12 bits per heavy atom. The second-order valence-corrected chi connectivity index (χ2v) is 8.44. The lowest BCUT2D eigenvalue weighted by atomic mass is 10.2. The Morgan fingerprint density at radius 3 is 2.62 bits per heavy atom. The van der Waals surface area contributed by atoms with Crippen molar-refractivity contribution in [2.45, 2.75) is 31.8 Å². The van der Waals surface area contributed by atoms with Gasteiger partial charge >= 0.3 is 0 Å². The molecule has 0 amide bonds. The van der Waals surface area contributed by atoms with Gasteiger partial charge in [-0.3, -0.25) is 0 Å². The fourth-order valence-electron chi connectivity index (χ4n) is 2.51. The standard InChI is InChI=1S/C18H19NO3S2/c1-14-5-6-15(2)18(10-14)24(20,21)19(11-16-7-9-23-13-16)12-17-4-3-8-22-17/h3-10,13H,11-12H2,1-2H3. The maximum Gasteiger partial charge on any atom is 0.244 e. The minimum atomic E-state index is -3.63. The predicted molar refractivity (Wildman–Crippen MR) is 95.4 cm³/mol. The molecule has 0 unspecified atom stereocenters. The highest BCUT2D eigenvalue weighted by Crippen LogP contribution is 2.25. The van der Waals surface area contributed by atoms with Gasteiger partial charge in [0.2, 0.25) is 10.0 Å². The summed E-state index contributed by atoms with van der Waals surface area (Å²) in [6, 6.07) is 11.0. The van der Waals surface area contributed by atoms with E-state index in [1.165, 1.54) is 4.31 Å². The summed E-state index contributed by atoms with van der Waals surface area (Å²) >= 11 is 1.56. The minimum absolute atomic E-state index is 0.207. The second-order valence-electron chi connectivity index (χ2n) is 5.75. The Hall–Kier alpha value is -1.89. The third kappa shape index (κ3) is 3.61. The van der Waals surface area contributed by atoms with E-state index in [0.29, 0.717) is 17.2 Å². The van der Waals surface area contributed by atoms with Crippen LogP contribution in [0.3, 0.4) is 0 Å². The van der Waals surface area contributed by atoms with Crippen LogP contribution in [0.15, 0.2) is 62.7 Å². The van der Waals surface area contributed by atoms with Gasteiger partial charge in [0.05, 0.1) is 17.7 Å². The molecule has 1 aromatic carbocycles. The van der Waals surface area contributed by atoms with Crippen molar-refractivity contribution < 1.29 is 12.8 Å². The summed E-state index contributed by atoms with van der Waals surface area (Å²) in [6.45, 7) is 4.24. The Balaban J connectivity index is 2.00. The highest BCUT2D eigenvalue weighted by atomic mass is 32.2. The highest BCUT2D eigenvalue weighted by molar-refractivity contribution is 7.89. The van der Waals surface area contributed by atoms with Gasteiger partial charge in [0.25, 0.3) is 0 Å². The van der Waals surface area contributed by atoms with E-state index < -0.39 is 10.0 Å². The van der Waals surface area contributed by atoms with Crippen LogP contribution in [-0.2, 0) is 23.1 Å². The molecule has 2 aromatic heterocycles. The lowest BCUT2D eigenvalue weighted by Crippen LogP contribution is -2.30. The number of thiophene rings is 1. The molecule has 24 heavy (non-hydrogen) atoms. The van der Waals surface area contributed by atoms with Gasteiger partial charge in [-0.2, -0.15) is 15.6 Å². The molecule has 0 atom stereocenters. The lowest BCUT2D eigenvalue weighted by Gasteiger charge is -2.22. The van der Waals surface area contributed by atoms with Gasteiger partial charge in [-0.15, -0.1) is 0 Å². The van der Waals surface area contributed by atoms with Crippen LogP contribution < -0.4 is 0 Å². The molecular formula is C18H19NO3S2. The quantitative estimate of drug-likeness (QED) is 0.656. The highest BCUT2D eigenvalue weighted by Gasteiger charge is 2.27. The van der Waals surface area contributed by atoms with Gasteiger partial charge in [0.1, 0.15) is 5.76 Å². The van der Waals surface area contributed by atoms with Crippen LogP contribution in [0, 0.1) is 13.8 Å². The van der Waals surface area contributed by atoms with Crippen LogP contribution in [0.2, 0.25) is 0 Å². The SMILES string of the molecule is Cc1ccc(C)c(S(=O)(=O)N(Cc2ccsc2)Cc2ccco2)c1. The first-order valence-electron chi connectivity index (χ1n) is 7.57. The molecule has 3 rings (SSSR count). The van der Waals surface area contributed by atoms with Crippen LogP contribution in [-0.4, -0.2) is 12.7 Å². The van der Waals surface area contributed by atoms with Crippen molar-refractivity contribution in [1.29, 1.82) is 0 Å². The van der Waals surface area contributed by atoms with E-state index in [1.54, 1.807) is 35.8 Å². The van der Waals surface area contributed by atoms with E-state index in [1.807, 2.05) is 42.8 Å². The Kier molecular flexibility index (Phi) is 4.89. The van der Waals surface area contributed by atoms with Crippen LogP contribution in [0.5, 0.6) is 0 Å². The first-order valence-corrected chi connectivity index (χ1v) is 9.96. The molecule has 126 valence electrons. The minimum Gasteiger partial charge on any atom is -0.468 e. The smallest absolute Gasteiger partial charge is 0.244 e. The van der Waals surface area contributed by atoms with Crippen molar-refractivity contribution in [3.05, 3.63) is 75.9 Å². The molecule has 4 nitrogen and oxygen atoms in total. The number of nitrogens with zero attached hydrogens (tertiary/aromatic N) is 1. The van der Waals surface area contributed by atoms with E-state index in [4.69, 9.17) is 4.42 Å². The fourth-order valence-corrected chi connectivity index (χ4v) is 4.88. The third-order valence-corrected chi connectivity index (χ3v) is 6.48. The van der Waals surface area contributed by atoms with Crippen molar-refractivity contribution in [3.8, 4) is 0 Å². The van der Waals surface area contributed by atoms with Crippen molar-refractivity contribution in [2.75, 3.05) is 0 Å². The molecule has 0 saturated carbocycles. The van der Waals surface area contributed by atoms with Crippen LogP contribution in [0.1, 0.15) is 22.5 Å². The van der Waals surface area contributed by atoms with Gasteiger partial charge in [-0.1, -0.05) is 12.1 Å². The largest absolute Gasteiger partial charge is 0.468 e. The summed E-state index contributed by atoms with van der Waals surface area (Å²) in [5, 5.41) is 3.92. The molecule has 0 N–H and O–H groups in total. The zero-order valence-electron chi connectivity index (χ0n) is 13.6. The summed E-state index contributed by atoms with van der Waals surface area (Å²) in [5.41, 5.74) is 2.64. The summed E-state index contributed by atoms with van der Waals surface area (Å²) in [6.07, 6.45) is 1.56. The molecule has 2 heterocycles. The predicted octanol–water partition coefficient (Wildman–Crippen LogP) is 4.35. The summed E-state index contributed by atoms with van der Waals surface area (Å²) in [4.78, 5) is 0.351. The molecule has 6 heteroatoms. The molecular weight excluding hydrogens is 342 g/mol. The summed E-state index contributed by atoms with van der Waals surface area (Å²) in [7, 11) is -3.63. The van der Waals surface area contributed by atoms with Gasteiger partial charge < -0.3 is 4.42 Å². The van der Waals surface area contributed by atoms with E-state index in [0.717, 1.165) is 16.7 Å². The molecule has 0 radical (unpaired) electrons. The van der Waals surface area contributed by atoms with Crippen molar-refractivity contribution in [2.24, 2.45) is 0 Å². The zero-order valence-corrected chi connectivity index (χ0v) is 15.2. The van der Waals surface area contributed by atoms with Gasteiger partial charge in [-0.25, -0.2) is 8.42 Å². The molecule has 0 aliphatic carbocycles. The van der Waals surface area contributed by atoms with E-state index in [-0.39, 0.29) is 6.54 Å². The molecule has 0 saturated heterocycles. The number of rotatable bonds is 6. The number of hydrogen-bond acceptors (Lipinski definition) is 4. The molecule has 0 fully saturated rings. The Labute approximate surface area is 146 Å². The monoisotopic (exact) mass is 361 g/mol. The normalized spacial score (nSPS) is 12.0. The van der Waals surface area contributed by atoms with Crippen molar-refractivity contribution in [3.63, 3.8) is 0 Å². The topological polar surface area (TPSA) is 50.5 Å².